The van der Waals surface area contributed by atoms with Gasteiger partial charge in [0, 0.05) is 35.7 Å². The minimum absolute atomic E-state index is 0.0107. The zero-order valence-electron chi connectivity index (χ0n) is 15.7. The molecule has 2 aromatic rings. The number of carbonyl (C=O) groups excluding carboxylic acids is 2. The van der Waals surface area contributed by atoms with Crippen molar-refractivity contribution in [3.05, 3.63) is 65.2 Å². The second-order valence-corrected chi connectivity index (χ2v) is 7.77. The molecule has 0 aliphatic carbocycles. The van der Waals surface area contributed by atoms with E-state index < -0.39 is 6.04 Å². The van der Waals surface area contributed by atoms with E-state index in [1.807, 2.05) is 54.6 Å². The van der Waals surface area contributed by atoms with E-state index in [-0.39, 0.29) is 11.8 Å². The van der Waals surface area contributed by atoms with Gasteiger partial charge >= 0.3 is 0 Å². The van der Waals surface area contributed by atoms with E-state index in [1.165, 1.54) is 0 Å². The molecule has 0 saturated heterocycles. The monoisotopic (exact) mass is 404 g/mol. The topological polar surface area (TPSA) is 49.4 Å². The lowest BCUT2D eigenvalue weighted by atomic mass is 10.1. The molecule has 0 aromatic heterocycles. The Kier molecular flexibility index (Phi) is 8.69. The molecule has 2 rings (SSSR count). The standard InChI is InChI=1S/C21H25ClN2O2S/c1-16(21(26)23-2)24(14-12-17-6-4-3-5-7-17)20(25)13-15-27-19-10-8-18(22)9-11-19/h3-11,16H,12-15H2,1-2H3,(H,23,26)/t16-/m0/s1. The van der Waals surface area contributed by atoms with Crippen molar-refractivity contribution in [2.45, 2.75) is 30.7 Å². The van der Waals surface area contributed by atoms with Crippen LogP contribution < -0.4 is 5.32 Å². The van der Waals surface area contributed by atoms with Crippen LogP contribution in [0.15, 0.2) is 59.5 Å². The number of halogens is 1. The predicted molar refractivity (Wildman–Crippen MR) is 112 cm³/mol. The molecule has 1 N–H and O–H groups in total. The van der Waals surface area contributed by atoms with Crippen molar-refractivity contribution in [2.75, 3.05) is 19.3 Å². The van der Waals surface area contributed by atoms with Gasteiger partial charge in [0.05, 0.1) is 0 Å². The van der Waals surface area contributed by atoms with Gasteiger partial charge in [-0.3, -0.25) is 9.59 Å². The first-order valence-corrected chi connectivity index (χ1v) is 10.3. The third kappa shape index (κ3) is 6.92. The molecule has 4 nitrogen and oxygen atoms in total. The number of nitrogens with zero attached hydrogens (tertiary/aromatic N) is 1. The van der Waals surface area contributed by atoms with E-state index in [2.05, 4.69) is 5.32 Å². The molecule has 144 valence electrons. The SMILES string of the molecule is CNC(=O)[C@H](C)N(CCc1ccccc1)C(=O)CCSc1ccc(Cl)cc1. The van der Waals surface area contributed by atoms with Gasteiger partial charge in [-0.1, -0.05) is 41.9 Å². The summed E-state index contributed by atoms with van der Waals surface area (Å²) in [7, 11) is 1.59. The van der Waals surface area contributed by atoms with Crippen LogP contribution in [-0.2, 0) is 16.0 Å². The molecule has 0 heterocycles. The number of hydrogen-bond acceptors (Lipinski definition) is 3. The van der Waals surface area contributed by atoms with Crippen molar-refractivity contribution in [3.63, 3.8) is 0 Å². The maximum absolute atomic E-state index is 12.8. The molecular formula is C21H25ClN2O2S. The fraction of sp³-hybridized carbons (Fsp3) is 0.333. The maximum Gasteiger partial charge on any atom is 0.242 e. The quantitative estimate of drug-likeness (QED) is 0.642. The molecule has 0 aliphatic rings. The van der Waals surface area contributed by atoms with Crippen molar-refractivity contribution >= 4 is 35.2 Å². The molecule has 1 atom stereocenters. The average Bonchev–Trinajstić information content (AvgIpc) is 2.69. The molecule has 0 unspecified atom stereocenters. The number of hydrogen-bond donors (Lipinski definition) is 1. The van der Waals surface area contributed by atoms with Crippen LogP contribution in [-0.4, -0.2) is 42.1 Å². The fourth-order valence-electron chi connectivity index (χ4n) is 2.71. The van der Waals surface area contributed by atoms with Crippen LogP contribution >= 0.6 is 23.4 Å². The van der Waals surface area contributed by atoms with Gasteiger partial charge in [0.2, 0.25) is 11.8 Å². The lowest BCUT2D eigenvalue weighted by Crippen LogP contribution is -2.48. The number of carbonyl (C=O) groups is 2. The van der Waals surface area contributed by atoms with Gasteiger partial charge in [-0.05, 0) is 43.2 Å². The van der Waals surface area contributed by atoms with Gasteiger partial charge in [0.15, 0.2) is 0 Å². The number of amides is 2. The normalized spacial score (nSPS) is 11.7. The number of thioether (sulfide) groups is 1. The first-order chi connectivity index (χ1) is 13.0. The Bertz CT molecular complexity index is 738. The summed E-state index contributed by atoms with van der Waals surface area (Å²) in [5.41, 5.74) is 1.15. The van der Waals surface area contributed by atoms with Gasteiger partial charge in [-0.2, -0.15) is 0 Å². The second-order valence-electron chi connectivity index (χ2n) is 6.17. The van der Waals surface area contributed by atoms with E-state index in [0.717, 1.165) is 16.9 Å². The van der Waals surface area contributed by atoms with Crippen LogP contribution in [0, 0.1) is 0 Å². The van der Waals surface area contributed by atoms with Crippen LogP contribution in [0.3, 0.4) is 0 Å². The van der Waals surface area contributed by atoms with Crippen LogP contribution in [0.25, 0.3) is 0 Å². The van der Waals surface area contributed by atoms with E-state index in [4.69, 9.17) is 11.6 Å². The number of benzene rings is 2. The molecule has 0 saturated carbocycles. The average molecular weight is 405 g/mol. The molecule has 0 radical (unpaired) electrons. The molecule has 2 aromatic carbocycles. The summed E-state index contributed by atoms with van der Waals surface area (Å²) in [5.74, 6) is 0.494. The molecule has 0 bridgehead atoms. The van der Waals surface area contributed by atoms with Gasteiger partial charge in [-0.25, -0.2) is 0 Å². The van der Waals surface area contributed by atoms with Gasteiger partial charge in [0.1, 0.15) is 6.04 Å². The highest BCUT2D eigenvalue weighted by Gasteiger charge is 2.24. The number of rotatable bonds is 9. The molecule has 0 aliphatic heterocycles. The maximum atomic E-state index is 12.8. The number of likely N-dealkylation sites (N-methyl/N-ethyl adjacent to an activating group) is 1. The molecule has 27 heavy (non-hydrogen) atoms. The minimum atomic E-state index is -0.494. The highest BCUT2D eigenvalue weighted by Crippen LogP contribution is 2.21. The van der Waals surface area contributed by atoms with E-state index >= 15 is 0 Å². The van der Waals surface area contributed by atoms with Gasteiger partial charge in [0.25, 0.3) is 0 Å². The molecule has 0 spiro atoms. The summed E-state index contributed by atoms with van der Waals surface area (Å²) < 4.78 is 0. The van der Waals surface area contributed by atoms with Crippen LogP contribution in [0.1, 0.15) is 18.9 Å². The molecule has 2 amide bonds. The summed E-state index contributed by atoms with van der Waals surface area (Å²) in [4.78, 5) is 27.6. The lowest BCUT2D eigenvalue weighted by Gasteiger charge is -2.28. The summed E-state index contributed by atoms with van der Waals surface area (Å²) in [5, 5.41) is 3.33. The summed E-state index contributed by atoms with van der Waals surface area (Å²) in [6.45, 7) is 2.29. The van der Waals surface area contributed by atoms with E-state index in [9.17, 15) is 9.59 Å². The Labute approximate surface area is 170 Å². The van der Waals surface area contributed by atoms with Crippen LogP contribution in [0.2, 0.25) is 5.02 Å². The van der Waals surface area contributed by atoms with Crippen molar-refractivity contribution in [3.8, 4) is 0 Å². The lowest BCUT2D eigenvalue weighted by molar-refractivity contribution is -0.139. The highest BCUT2D eigenvalue weighted by molar-refractivity contribution is 7.99. The van der Waals surface area contributed by atoms with Crippen molar-refractivity contribution in [1.29, 1.82) is 0 Å². The van der Waals surface area contributed by atoms with Gasteiger partial charge < -0.3 is 10.2 Å². The van der Waals surface area contributed by atoms with Crippen molar-refractivity contribution in [2.24, 2.45) is 0 Å². The zero-order valence-corrected chi connectivity index (χ0v) is 17.2. The van der Waals surface area contributed by atoms with Gasteiger partial charge in [-0.15, -0.1) is 11.8 Å². The Morgan fingerprint density at radius 2 is 1.78 bits per heavy atom. The fourth-order valence-corrected chi connectivity index (χ4v) is 3.68. The Morgan fingerprint density at radius 1 is 1.11 bits per heavy atom. The summed E-state index contributed by atoms with van der Waals surface area (Å²) >= 11 is 7.50. The Hall–Kier alpha value is -1.98. The highest BCUT2D eigenvalue weighted by atomic mass is 35.5. The Morgan fingerprint density at radius 3 is 2.41 bits per heavy atom. The predicted octanol–water partition coefficient (Wildman–Crippen LogP) is 4.03. The van der Waals surface area contributed by atoms with Crippen molar-refractivity contribution in [1.82, 2.24) is 10.2 Å². The number of nitrogens with one attached hydrogen (secondary N) is 1. The largest absolute Gasteiger partial charge is 0.357 e. The van der Waals surface area contributed by atoms with Crippen LogP contribution in [0.4, 0.5) is 0 Å². The first-order valence-electron chi connectivity index (χ1n) is 8.94. The minimum Gasteiger partial charge on any atom is -0.357 e. The van der Waals surface area contributed by atoms with E-state index in [1.54, 1.807) is 30.6 Å². The summed E-state index contributed by atoms with van der Waals surface area (Å²) in [6, 6.07) is 17.1. The van der Waals surface area contributed by atoms with E-state index in [0.29, 0.717) is 23.7 Å². The second kappa shape index (κ2) is 11.0. The van der Waals surface area contributed by atoms with Crippen LogP contribution in [0.5, 0.6) is 0 Å². The molecule has 6 heteroatoms. The first kappa shape index (κ1) is 21.3. The smallest absolute Gasteiger partial charge is 0.242 e. The summed E-state index contributed by atoms with van der Waals surface area (Å²) in [6.07, 6.45) is 1.10. The zero-order chi connectivity index (χ0) is 19.6. The third-order valence-electron chi connectivity index (χ3n) is 4.30. The molecular weight excluding hydrogens is 380 g/mol. The Balaban J connectivity index is 1.94. The third-order valence-corrected chi connectivity index (χ3v) is 5.56. The molecule has 0 fully saturated rings. The van der Waals surface area contributed by atoms with Crippen molar-refractivity contribution < 1.29 is 9.59 Å².